The first kappa shape index (κ1) is 20.2. The molecule has 0 aromatic heterocycles. The number of carbonyl (C=O) groups is 1. The lowest BCUT2D eigenvalue weighted by molar-refractivity contribution is 0.0951. The van der Waals surface area contributed by atoms with Crippen molar-refractivity contribution in [2.75, 3.05) is 0 Å². The van der Waals surface area contributed by atoms with E-state index in [1.165, 1.54) is 47.9 Å². The van der Waals surface area contributed by atoms with Gasteiger partial charge in [0.15, 0.2) is 0 Å². The maximum atomic E-state index is 12.8. The Balaban J connectivity index is 1.18. The maximum Gasteiger partial charge on any atom is 0.251 e. The lowest BCUT2D eigenvalue weighted by atomic mass is 9.82. The second-order valence-electron chi connectivity index (χ2n) is 9.93. The van der Waals surface area contributed by atoms with E-state index >= 15 is 0 Å². The van der Waals surface area contributed by atoms with Crippen LogP contribution in [-0.2, 0) is 19.4 Å². The third-order valence-electron chi connectivity index (χ3n) is 7.39. The van der Waals surface area contributed by atoms with Gasteiger partial charge in [-0.1, -0.05) is 42.5 Å². The van der Waals surface area contributed by atoms with Crippen LogP contribution in [0.15, 0.2) is 54.6 Å². The van der Waals surface area contributed by atoms with E-state index in [1.807, 2.05) is 30.3 Å². The van der Waals surface area contributed by atoms with Crippen molar-refractivity contribution >= 4 is 11.7 Å². The molecule has 1 amide bonds. The van der Waals surface area contributed by atoms with Crippen LogP contribution in [0.25, 0.3) is 0 Å². The van der Waals surface area contributed by atoms with Crippen LogP contribution in [0.1, 0.15) is 92.4 Å². The monoisotopic (exact) mass is 435 g/mol. The largest absolute Gasteiger partial charge is 0.384 e. The molecular formula is C29H29N3O. The Bertz CT molecular complexity index is 1270. The summed E-state index contributed by atoms with van der Waals surface area (Å²) in [4.78, 5) is 12.8. The average molecular weight is 436 g/mol. The van der Waals surface area contributed by atoms with E-state index in [9.17, 15) is 4.79 Å². The van der Waals surface area contributed by atoms with Crippen molar-refractivity contribution in [1.82, 2.24) is 5.32 Å². The van der Waals surface area contributed by atoms with Gasteiger partial charge in [0.1, 0.15) is 5.84 Å². The first-order chi connectivity index (χ1) is 16.0. The van der Waals surface area contributed by atoms with Gasteiger partial charge in [-0.15, -0.1) is 0 Å². The number of carbonyl (C=O) groups excluding carboxylic acids is 1. The molecule has 0 aliphatic heterocycles. The molecule has 4 heteroatoms. The quantitative estimate of drug-likeness (QED) is 0.289. The summed E-state index contributed by atoms with van der Waals surface area (Å²) in [6.45, 7) is 0.450. The molecule has 166 valence electrons. The molecule has 2 saturated carbocycles. The van der Waals surface area contributed by atoms with Gasteiger partial charge in [0.05, 0.1) is 0 Å². The fourth-order valence-corrected chi connectivity index (χ4v) is 5.15. The lowest BCUT2D eigenvalue weighted by Crippen LogP contribution is -2.23. The Morgan fingerprint density at radius 1 is 0.788 bits per heavy atom. The first-order valence-corrected chi connectivity index (χ1v) is 12.0. The first-order valence-electron chi connectivity index (χ1n) is 12.0. The summed E-state index contributed by atoms with van der Waals surface area (Å²) in [7, 11) is 0. The molecule has 0 bridgehead atoms. The van der Waals surface area contributed by atoms with Crippen LogP contribution in [0.5, 0.6) is 0 Å². The Morgan fingerprint density at radius 3 is 1.91 bits per heavy atom. The SMILES string of the molecule is N=C(N)c1ccc(CNC(=O)c2ccc3c(c2)Cc2cc(C4CC4)c(C4CC4)cc2C3)cc1. The van der Waals surface area contributed by atoms with Gasteiger partial charge in [-0.3, -0.25) is 10.2 Å². The molecule has 0 spiro atoms. The highest BCUT2D eigenvalue weighted by Crippen LogP contribution is 2.50. The van der Waals surface area contributed by atoms with E-state index in [2.05, 4.69) is 29.6 Å². The van der Waals surface area contributed by atoms with Crippen LogP contribution in [0.4, 0.5) is 0 Å². The zero-order valence-corrected chi connectivity index (χ0v) is 18.8. The van der Waals surface area contributed by atoms with Crippen LogP contribution in [0, 0.1) is 5.41 Å². The topological polar surface area (TPSA) is 79.0 Å². The van der Waals surface area contributed by atoms with Gasteiger partial charge in [-0.2, -0.15) is 0 Å². The fraction of sp³-hybridized carbons (Fsp3) is 0.310. The van der Waals surface area contributed by atoms with Gasteiger partial charge in [0.2, 0.25) is 0 Å². The summed E-state index contributed by atoms with van der Waals surface area (Å²) < 4.78 is 0. The molecule has 6 rings (SSSR count). The van der Waals surface area contributed by atoms with Crippen LogP contribution in [-0.4, -0.2) is 11.7 Å². The molecule has 4 N–H and O–H groups in total. The fourth-order valence-electron chi connectivity index (χ4n) is 5.15. The molecule has 0 saturated heterocycles. The second-order valence-corrected chi connectivity index (χ2v) is 9.93. The third kappa shape index (κ3) is 4.06. The number of nitrogens with one attached hydrogen (secondary N) is 2. The van der Waals surface area contributed by atoms with E-state index in [4.69, 9.17) is 11.1 Å². The highest BCUT2D eigenvalue weighted by atomic mass is 16.1. The molecule has 3 aliphatic rings. The number of amidine groups is 1. The molecule has 3 aromatic rings. The van der Waals surface area contributed by atoms with E-state index in [-0.39, 0.29) is 11.7 Å². The second kappa shape index (κ2) is 7.87. The van der Waals surface area contributed by atoms with E-state index in [1.54, 1.807) is 11.1 Å². The van der Waals surface area contributed by atoms with Gasteiger partial charge < -0.3 is 11.1 Å². The van der Waals surface area contributed by atoms with Crippen LogP contribution in [0.3, 0.4) is 0 Å². The Hall–Kier alpha value is -3.40. The van der Waals surface area contributed by atoms with Gasteiger partial charge in [0, 0.05) is 17.7 Å². The number of hydrogen-bond donors (Lipinski definition) is 3. The number of amides is 1. The summed E-state index contributed by atoms with van der Waals surface area (Å²) in [6, 6.07) is 18.6. The summed E-state index contributed by atoms with van der Waals surface area (Å²) in [5, 5.41) is 10.5. The number of fused-ring (bicyclic) bond motifs is 2. The van der Waals surface area contributed by atoms with Crippen molar-refractivity contribution in [2.45, 2.75) is 56.9 Å². The van der Waals surface area contributed by atoms with Crippen LogP contribution >= 0.6 is 0 Å². The number of rotatable bonds is 6. The average Bonchev–Trinajstić information content (AvgIpc) is 3.73. The van der Waals surface area contributed by atoms with Gasteiger partial charge in [-0.25, -0.2) is 0 Å². The normalized spacial score (nSPS) is 16.6. The van der Waals surface area contributed by atoms with Gasteiger partial charge in [0.25, 0.3) is 5.91 Å². The van der Waals surface area contributed by atoms with Crippen molar-refractivity contribution in [3.05, 3.63) is 105 Å². The zero-order chi connectivity index (χ0) is 22.5. The summed E-state index contributed by atoms with van der Waals surface area (Å²) in [6.07, 6.45) is 7.29. The molecule has 0 heterocycles. The maximum absolute atomic E-state index is 12.8. The highest BCUT2D eigenvalue weighted by molar-refractivity contribution is 5.95. The zero-order valence-electron chi connectivity index (χ0n) is 18.8. The lowest BCUT2D eigenvalue weighted by Gasteiger charge is -2.23. The van der Waals surface area contributed by atoms with Crippen molar-refractivity contribution in [3.63, 3.8) is 0 Å². The Kier molecular flexibility index (Phi) is 4.83. The Morgan fingerprint density at radius 2 is 1.33 bits per heavy atom. The van der Waals surface area contributed by atoms with Gasteiger partial charge >= 0.3 is 0 Å². The highest BCUT2D eigenvalue weighted by Gasteiger charge is 2.34. The third-order valence-corrected chi connectivity index (χ3v) is 7.39. The van der Waals surface area contributed by atoms with E-state index in [0.717, 1.165) is 35.8 Å². The van der Waals surface area contributed by atoms with Gasteiger partial charge in [-0.05, 0) is 101 Å². The number of nitrogen functional groups attached to an aromatic ring is 1. The smallest absolute Gasteiger partial charge is 0.251 e. The molecule has 2 fully saturated rings. The Labute approximate surface area is 194 Å². The van der Waals surface area contributed by atoms with Crippen molar-refractivity contribution in [2.24, 2.45) is 5.73 Å². The minimum Gasteiger partial charge on any atom is -0.384 e. The number of nitrogens with two attached hydrogens (primary N) is 1. The van der Waals surface area contributed by atoms with Crippen LogP contribution < -0.4 is 11.1 Å². The molecule has 0 unspecified atom stereocenters. The van der Waals surface area contributed by atoms with Crippen molar-refractivity contribution < 1.29 is 4.79 Å². The minimum atomic E-state index is -0.0537. The summed E-state index contributed by atoms with van der Waals surface area (Å²) >= 11 is 0. The molecule has 3 aliphatic carbocycles. The predicted molar refractivity (Wildman–Crippen MR) is 131 cm³/mol. The van der Waals surface area contributed by atoms with Crippen molar-refractivity contribution in [3.8, 4) is 0 Å². The number of benzene rings is 3. The standard InChI is InChI=1S/C29H29N3O/c30-28(31)20-3-1-17(2-4-20)16-32-29(33)22-10-9-21-11-24-14-26(18-5-6-18)27(19-7-8-19)15-25(24)13-23(21)12-22/h1-4,9-10,12,14-15,18-19H,5-8,11,13,16H2,(H3,30,31)(H,32,33). The molecular weight excluding hydrogens is 406 g/mol. The van der Waals surface area contributed by atoms with Crippen molar-refractivity contribution in [1.29, 1.82) is 5.41 Å². The number of hydrogen-bond acceptors (Lipinski definition) is 2. The minimum absolute atomic E-state index is 0.0502. The van der Waals surface area contributed by atoms with E-state index < -0.39 is 0 Å². The molecule has 33 heavy (non-hydrogen) atoms. The summed E-state index contributed by atoms with van der Waals surface area (Å²) in [5.41, 5.74) is 16.7. The molecule has 0 radical (unpaired) electrons. The molecule has 3 aromatic carbocycles. The van der Waals surface area contributed by atoms with E-state index in [0.29, 0.717) is 12.1 Å². The molecule has 0 atom stereocenters. The predicted octanol–water partition coefficient (Wildman–Crippen LogP) is 5.15. The van der Waals surface area contributed by atoms with Crippen LogP contribution in [0.2, 0.25) is 0 Å². The summed E-state index contributed by atoms with van der Waals surface area (Å²) in [5.74, 6) is 1.59. The molecule has 4 nitrogen and oxygen atoms in total.